The highest BCUT2D eigenvalue weighted by Crippen LogP contribution is 2.20. The molecule has 0 radical (unpaired) electrons. The van der Waals surface area contributed by atoms with E-state index in [2.05, 4.69) is 15.2 Å². The number of H-pyrrole nitrogens is 1. The van der Waals surface area contributed by atoms with Crippen LogP contribution in [0, 0.1) is 18.3 Å². The number of ether oxygens (including phenoxy) is 1. The molecule has 0 bridgehead atoms. The van der Waals surface area contributed by atoms with Crippen LogP contribution in [0.25, 0.3) is 0 Å². The highest BCUT2D eigenvalue weighted by Gasteiger charge is 2.05. The zero-order valence-electron chi connectivity index (χ0n) is 8.56. The van der Waals surface area contributed by atoms with Crippen molar-refractivity contribution < 1.29 is 4.74 Å². The van der Waals surface area contributed by atoms with E-state index < -0.39 is 0 Å². The van der Waals surface area contributed by atoms with Crippen LogP contribution in [-0.2, 0) is 0 Å². The molecular weight excluding hydrogens is 206 g/mol. The van der Waals surface area contributed by atoms with Crippen LogP contribution < -0.4 is 10.5 Å². The minimum absolute atomic E-state index is 0.143. The maximum Gasteiger partial charge on any atom is 0.240 e. The van der Waals surface area contributed by atoms with Crippen molar-refractivity contribution in [3.8, 4) is 17.8 Å². The number of aromatic nitrogens is 3. The third kappa shape index (κ3) is 1.93. The Labute approximate surface area is 91.7 Å². The number of hydrogen-bond donors (Lipinski definition) is 2. The van der Waals surface area contributed by atoms with E-state index in [9.17, 15) is 0 Å². The molecule has 0 aliphatic heterocycles. The molecular formula is C10H9N5O. The molecule has 80 valence electrons. The van der Waals surface area contributed by atoms with E-state index >= 15 is 0 Å². The minimum atomic E-state index is 0.143. The van der Waals surface area contributed by atoms with Crippen LogP contribution in [-0.4, -0.2) is 15.2 Å². The molecule has 0 aliphatic carbocycles. The lowest BCUT2D eigenvalue weighted by atomic mass is 10.3. The molecule has 0 atom stereocenters. The van der Waals surface area contributed by atoms with E-state index in [1.165, 1.54) is 0 Å². The Bertz CT molecular complexity index is 555. The molecule has 2 heterocycles. The predicted molar refractivity (Wildman–Crippen MR) is 56.8 cm³/mol. The van der Waals surface area contributed by atoms with E-state index in [0.29, 0.717) is 11.6 Å². The van der Waals surface area contributed by atoms with Crippen molar-refractivity contribution in [3.05, 3.63) is 29.6 Å². The molecule has 0 amide bonds. The van der Waals surface area contributed by atoms with Gasteiger partial charge in [0.25, 0.3) is 0 Å². The van der Waals surface area contributed by atoms with Gasteiger partial charge in [0.05, 0.1) is 5.69 Å². The van der Waals surface area contributed by atoms with Gasteiger partial charge in [-0.15, -0.1) is 5.10 Å². The van der Waals surface area contributed by atoms with Crippen LogP contribution in [0.15, 0.2) is 18.2 Å². The van der Waals surface area contributed by atoms with Crippen molar-refractivity contribution >= 4 is 5.69 Å². The Kier molecular flexibility index (Phi) is 2.44. The normalized spacial score (nSPS) is 9.75. The number of nitriles is 1. The molecule has 3 N–H and O–H groups in total. The highest BCUT2D eigenvalue weighted by atomic mass is 16.5. The number of nitrogens with two attached hydrogens (primary N) is 1. The summed E-state index contributed by atoms with van der Waals surface area (Å²) >= 11 is 0. The number of nitrogens with one attached hydrogen (secondary N) is 1. The molecule has 0 saturated heterocycles. The average molecular weight is 215 g/mol. The fourth-order valence-electron chi connectivity index (χ4n) is 1.15. The number of aromatic amines is 1. The first kappa shape index (κ1) is 9.98. The second kappa shape index (κ2) is 3.90. The summed E-state index contributed by atoms with van der Waals surface area (Å²) in [7, 11) is 0. The SMILES string of the molecule is Cc1cc(Oc2ccc(N)c(C#N)n2)n[nH]1. The number of aryl methyl sites for hydroxylation is 1. The molecule has 6 heteroatoms. The fraction of sp³-hybridized carbons (Fsp3) is 0.100. The first-order valence-electron chi connectivity index (χ1n) is 4.55. The zero-order chi connectivity index (χ0) is 11.5. The Morgan fingerprint density at radius 1 is 1.44 bits per heavy atom. The molecule has 2 aromatic rings. The summed E-state index contributed by atoms with van der Waals surface area (Å²) < 4.78 is 5.34. The molecule has 2 aromatic heterocycles. The lowest BCUT2D eigenvalue weighted by Gasteiger charge is -2.01. The fourth-order valence-corrected chi connectivity index (χ4v) is 1.15. The van der Waals surface area contributed by atoms with Crippen LogP contribution in [0.5, 0.6) is 11.8 Å². The average Bonchev–Trinajstić information content (AvgIpc) is 2.67. The van der Waals surface area contributed by atoms with Crippen molar-refractivity contribution in [2.75, 3.05) is 5.73 Å². The van der Waals surface area contributed by atoms with Gasteiger partial charge in [-0.2, -0.15) is 10.2 Å². The van der Waals surface area contributed by atoms with Gasteiger partial charge in [0.2, 0.25) is 11.8 Å². The van der Waals surface area contributed by atoms with Crippen LogP contribution >= 0.6 is 0 Å². The molecule has 0 saturated carbocycles. The third-order valence-electron chi connectivity index (χ3n) is 1.90. The quantitative estimate of drug-likeness (QED) is 0.787. The van der Waals surface area contributed by atoms with Crippen LogP contribution in [0.1, 0.15) is 11.4 Å². The topological polar surface area (TPSA) is 101 Å². The lowest BCUT2D eigenvalue weighted by molar-refractivity contribution is 0.443. The van der Waals surface area contributed by atoms with Crippen molar-refractivity contribution in [2.45, 2.75) is 6.92 Å². The highest BCUT2D eigenvalue weighted by molar-refractivity contribution is 5.51. The summed E-state index contributed by atoms with van der Waals surface area (Å²) in [4.78, 5) is 3.93. The van der Waals surface area contributed by atoms with Gasteiger partial charge in [0.15, 0.2) is 5.69 Å². The lowest BCUT2D eigenvalue weighted by Crippen LogP contribution is -1.96. The van der Waals surface area contributed by atoms with Gasteiger partial charge in [-0.25, -0.2) is 0 Å². The number of hydrogen-bond acceptors (Lipinski definition) is 5. The summed E-state index contributed by atoms with van der Waals surface area (Å²) in [6.07, 6.45) is 0. The summed E-state index contributed by atoms with van der Waals surface area (Å²) in [6, 6.07) is 6.76. The standard InChI is InChI=1S/C10H9N5O/c1-6-4-10(15-14-6)16-9-3-2-7(12)8(5-11)13-9/h2-4H,12H2,1H3,(H,14,15). The molecule has 2 rings (SSSR count). The molecule has 0 aliphatic rings. The third-order valence-corrected chi connectivity index (χ3v) is 1.90. The Hall–Kier alpha value is -2.55. The van der Waals surface area contributed by atoms with E-state index in [1.807, 2.05) is 13.0 Å². The molecule has 16 heavy (non-hydrogen) atoms. The van der Waals surface area contributed by atoms with Gasteiger partial charge in [-0.05, 0) is 13.0 Å². The van der Waals surface area contributed by atoms with Crippen molar-refractivity contribution in [3.63, 3.8) is 0 Å². The summed E-state index contributed by atoms with van der Waals surface area (Å²) in [6.45, 7) is 1.86. The smallest absolute Gasteiger partial charge is 0.240 e. The summed E-state index contributed by atoms with van der Waals surface area (Å²) in [5, 5.41) is 15.4. The van der Waals surface area contributed by atoms with Crippen LogP contribution in [0.4, 0.5) is 5.69 Å². The molecule has 0 fully saturated rings. The first-order valence-corrected chi connectivity index (χ1v) is 4.55. The van der Waals surface area contributed by atoms with Crippen LogP contribution in [0.2, 0.25) is 0 Å². The van der Waals surface area contributed by atoms with Gasteiger partial charge in [0.1, 0.15) is 6.07 Å². The largest absolute Gasteiger partial charge is 0.419 e. The number of pyridine rings is 1. The van der Waals surface area contributed by atoms with Crippen LogP contribution in [0.3, 0.4) is 0 Å². The van der Waals surface area contributed by atoms with Gasteiger partial charge in [-0.3, -0.25) is 5.10 Å². The van der Waals surface area contributed by atoms with Crippen molar-refractivity contribution in [1.29, 1.82) is 5.26 Å². The Morgan fingerprint density at radius 2 is 2.25 bits per heavy atom. The monoisotopic (exact) mass is 215 g/mol. The van der Waals surface area contributed by atoms with Gasteiger partial charge < -0.3 is 10.5 Å². The van der Waals surface area contributed by atoms with E-state index in [0.717, 1.165) is 5.69 Å². The number of nitrogens with zero attached hydrogens (tertiary/aromatic N) is 3. The maximum atomic E-state index is 8.74. The number of rotatable bonds is 2. The molecule has 0 unspecified atom stereocenters. The number of anilines is 1. The first-order chi connectivity index (χ1) is 7.69. The van der Waals surface area contributed by atoms with E-state index in [-0.39, 0.29) is 11.6 Å². The minimum Gasteiger partial charge on any atom is -0.419 e. The Morgan fingerprint density at radius 3 is 2.88 bits per heavy atom. The molecule has 6 nitrogen and oxygen atoms in total. The van der Waals surface area contributed by atoms with E-state index in [4.69, 9.17) is 15.7 Å². The summed E-state index contributed by atoms with van der Waals surface area (Å²) in [5.74, 6) is 0.691. The molecule has 0 spiro atoms. The maximum absolute atomic E-state index is 8.74. The Balaban J connectivity index is 2.26. The van der Waals surface area contributed by atoms with Gasteiger partial charge in [0, 0.05) is 17.8 Å². The van der Waals surface area contributed by atoms with E-state index in [1.54, 1.807) is 18.2 Å². The summed E-state index contributed by atoms with van der Waals surface area (Å²) in [5.41, 5.74) is 6.89. The van der Waals surface area contributed by atoms with Crippen molar-refractivity contribution in [2.24, 2.45) is 0 Å². The van der Waals surface area contributed by atoms with Gasteiger partial charge >= 0.3 is 0 Å². The zero-order valence-corrected chi connectivity index (χ0v) is 8.56. The molecule has 0 aromatic carbocycles. The van der Waals surface area contributed by atoms with Crippen molar-refractivity contribution in [1.82, 2.24) is 15.2 Å². The van der Waals surface area contributed by atoms with Gasteiger partial charge in [-0.1, -0.05) is 0 Å². The predicted octanol–water partition coefficient (Wildman–Crippen LogP) is 1.36. The number of nitrogen functional groups attached to an aromatic ring is 1. The second-order valence-corrected chi connectivity index (χ2v) is 3.19. The second-order valence-electron chi connectivity index (χ2n) is 3.19.